The average molecular weight is 449 g/mol. The number of hydrogen-bond donors (Lipinski definition) is 0. The first kappa shape index (κ1) is 19.9. The number of hydrogen-bond acceptors (Lipinski definition) is 8. The Morgan fingerprint density at radius 2 is 1.77 bits per heavy atom. The molecule has 4 aromatic rings. The zero-order chi connectivity index (χ0) is 21.0. The first-order valence-electron chi connectivity index (χ1n) is 10.0. The standard InChI is InChI=1S/C22H20N6OS2/c29-21(15-30-22-24-18-3-1-2-4-19(18)31-22)28-13-11-27(12-14-28)20-6-5-17(25-26-20)16-7-9-23-10-8-16/h1-10H,11-15H2. The molecule has 3 aromatic heterocycles. The zero-order valence-electron chi connectivity index (χ0n) is 16.7. The summed E-state index contributed by atoms with van der Waals surface area (Å²) in [6.07, 6.45) is 3.49. The molecule has 0 atom stereocenters. The molecule has 1 amide bonds. The van der Waals surface area contributed by atoms with E-state index in [-0.39, 0.29) is 5.91 Å². The fourth-order valence-corrected chi connectivity index (χ4v) is 5.45. The van der Waals surface area contributed by atoms with Gasteiger partial charge in [-0.2, -0.15) is 0 Å². The zero-order valence-corrected chi connectivity index (χ0v) is 18.4. The van der Waals surface area contributed by atoms with E-state index in [1.165, 1.54) is 11.8 Å². The fourth-order valence-electron chi connectivity index (χ4n) is 3.48. The van der Waals surface area contributed by atoms with Crippen LogP contribution in [0.15, 0.2) is 65.3 Å². The molecule has 7 nitrogen and oxygen atoms in total. The van der Waals surface area contributed by atoms with Crippen LogP contribution in [0, 0.1) is 0 Å². The van der Waals surface area contributed by atoms with Crippen LogP contribution in [0.1, 0.15) is 0 Å². The predicted octanol–water partition coefficient (Wildman–Crippen LogP) is 3.59. The molecule has 0 bridgehead atoms. The molecule has 156 valence electrons. The fraction of sp³-hybridized carbons (Fsp3) is 0.227. The number of carbonyl (C=O) groups is 1. The minimum atomic E-state index is 0.156. The van der Waals surface area contributed by atoms with Crippen LogP contribution in [0.3, 0.4) is 0 Å². The maximum Gasteiger partial charge on any atom is 0.233 e. The summed E-state index contributed by atoms with van der Waals surface area (Å²) >= 11 is 3.16. The molecule has 0 radical (unpaired) electrons. The van der Waals surface area contributed by atoms with Gasteiger partial charge in [0.05, 0.1) is 21.7 Å². The molecule has 1 aliphatic heterocycles. The monoisotopic (exact) mass is 448 g/mol. The summed E-state index contributed by atoms with van der Waals surface area (Å²) < 4.78 is 2.10. The van der Waals surface area contributed by atoms with E-state index in [4.69, 9.17) is 0 Å². The summed E-state index contributed by atoms with van der Waals surface area (Å²) in [5.74, 6) is 1.41. The second-order valence-corrected chi connectivity index (χ2v) is 9.37. The van der Waals surface area contributed by atoms with Crippen molar-refractivity contribution < 1.29 is 4.79 Å². The van der Waals surface area contributed by atoms with Crippen molar-refractivity contribution in [2.45, 2.75) is 4.34 Å². The number of amides is 1. The lowest BCUT2D eigenvalue weighted by Gasteiger charge is -2.35. The minimum absolute atomic E-state index is 0.156. The second-order valence-electron chi connectivity index (χ2n) is 7.12. The van der Waals surface area contributed by atoms with Gasteiger partial charge in [-0.25, -0.2) is 4.98 Å². The Bertz CT molecular complexity index is 1140. The van der Waals surface area contributed by atoms with E-state index in [0.717, 1.165) is 44.7 Å². The molecule has 0 saturated carbocycles. The Balaban J connectivity index is 1.14. The number of rotatable bonds is 5. The number of anilines is 1. The minimum Gasteiger partial charge on any atom is -0.352 e. The highest BCUT2D eigenvalue weighted by atomic mass is 32.2. The van der Waals surface area contributed by atoms with Crippen molar-refractivity contribution in [2.24, 2.45) is 0 Å². The Kier molecular flexibility index (Phi) is 5.77. The van der Waals surface area contributed by atoms with Crippen molar-refractivity contribution in [3.63, 3.8) is 0 Å². The van der Waals surface area contributed by atoms with Gasteiger partial charge in [0.15, 0.2) is 10.2 Å². The number of aromatic nitrogens is 4. The number of benzene rings is 1. The smallest absolute Gasteiger partial charge is 0.233 e. The summed E-state index contributed by atoms with van der Waals surface area (Å²) in [5, 5.41) is 8.74. The summed E-state index contributed by atoms with van der Waals surface area (Å²) in [7, 11) is 0. The van der Waals surface area contributed by atoms with Gasteiger partial charge in [-0.15, -0.1) is 21.5 Å². The van der Waals surface area contributed by atoms with E-state index < -0.39 is 0 Å². The molecule has 0 unspecified atom stereocenters. The van der Waals surface area contributed by atoms with E-state index >= 15 is 0 Å². The molecule has 5 rings (SSSR count). The molecule has 1 aliphatic rings. The van der Waals surface area contributed by atoms with Crippen LogP contribution in [-0.2, 0) is 4.79 Å². The molecule has 0 aliphatic carbocycles. The lowest BCUT2D eigenvalue weighted by molar-refractivity contribution is -0.128. The predicted molar refractivity (Wildman–Crippen MR) is 124 cm³/mol. The van der Waals surface area contributed by atoms with E-state index in [9.17, 15) is 4.79 Å². The lowest BCUT2D eigenvalue weighted by atomic mass is 10.2. The molecule has 1 saturated heterocycles. The van der Waals surface area contributed by atoms with Crippen LogP contribution in [0.25, 0.3) is 21.5 Å². The van der Waals surface area contributed by atoms with E-state index in [2.05, 4.69) is 31.1 Å². The lowest BCUT2D eigenvalue weighted by Crippen LogP contribution is -2.49. The third-order valence-electron chi connectivity index (χ3n) is 5.18. The van der Waals surface area contributed by atoms with Crippen molar-refractivity contribution in [1.29, 1.82) is 0 Å². The Morgan fingerprint density at radius 3 is 2.52 bits per heavy atom. The van der Waals surface area contributed by atoms with Crippen molar-refractivity contribution in [1.82, 2.24) is 25.1 Å². The third-order valence-corrected chi connectivity index (χ3v) is 7.34. The van der Waals surface area contributed by atoms with Crippen LogP contribution in [0.4, 0.5) is 5.82 Å². The highest BCUT2D eigenvalue weighted by Gasteiger charge is 2.22. The van der Waals surface area contributed by atoms with Gasteiger partial charge in [0.1, 0.15) is 0 Å². The number of piperazine rings is 1. The van der Waals surface area contributed by atoms with E-state index in [0.29, 0.717) is 18.8 Å². The van der Waals surface area contributed by atoms with Crippen molar-refractivity contribution in [3.05, 3.63) is 60.9 Å². The molecule has 0 N–H and O–H groups in total. The van der Waals surface area contributed by atoms with Crippen molar-refractivity contribution >= 4 is 45.0 Å². The first-order valence-corrected chi connectivity index (χ1v) is 11.8. The first-order chi connectivity index (χ1) is 15.3. The highest BCUT2D eigenvalue weighted by molar-refractivity contribution is 8.01. The number of para-hydroxylation sites is 1. The van der Waals surface area contributed by atoms with Crippen LogP contribution >= 0.6 is 23.1 Å². The van der Waals surface area contributed by atoms with Gasteiger partial charge < -0.3 is 9.80 Å². The second kappa shape index (κ2) is 8.99. The molecule has 31 heavy (non-hydrogen) atoms. The largest absolute Gasteiger partial charge is 0.352 e. The molecule has 1 aromatic carbocycles. The van der Waals surface area contributed by atoms with Gasteiger partial charge in [0.2, 0.25) is 5.91 Å². The SMILES string of the molecule is O=C(CSc1nc2ccccc2s1)N1CCN(c2ccc(-c3ccncc3)nn2)CC1. The maximum absolute atomic E-state index is 12.7. The van der Waals surface area contributed by atoms with E-state index in [1.807, 2.05) is 47.4 Å². The van der Waals surface area contributed by atoms with Crippen LogP contribution < -0.4 is 4.90 Å². The number of thiazole rings is 1. The number of fused-ring (bicyclic) bond motifs is 1. The molecule has 4 heterocycles. The van der Waals surface area contributed by atoms with Gasteiger partial charge in [-0.1, -0.05) is 23.9 Å². The number of carbonyl (C=O) groups excluding carboxylic acids is 1. The summed E-state index contributed by atoms with van der Waals surface area (Å²) in [6.45, 7) is 2.88. The molecule has 9 heteroatoms. The van der Waals surface area contributed by atoms with Gasteiger partial charge >= 0.3 is 0 Å². The molecule has 0 spiro atoms. The highest BCUT2D eigenvalue weighted by Crippen LogP contribution is 2.29. The van der Waals surface area contributed by atoms with Crippen molar-refractivity contribution in [2.75, 3.05) is 36.8 Å². The van der Waals surface area contributed by atoms with Gasteiger partial charge in [0.25, 0.3) is 0 Å². The Hall–Kier alpha value is -3.04. The Labute approximate surface area is 188 Å². The average Bonchev–Trinajstić information content (AvgIpc) is 3.26. The normalized spacial score (nSPS) is 14.2. The van der Waals surface area contributed by atoms with Gasteiger partial charge in [-0.3, -0.25) is 9.78 Å². The quantitative estimate of drug-likeness (QED) is 0.432. The number of thioether (sulfide) groups is 1. The van der Waals surface area contributed by atoms with Gasteiger partial charge in [0, 0.05) is 44.1 Å². The third kappa shape index (κ3) is 4.52. The summed E-state index contributed by atoms with van der Waals surface area (Å²) in [5.41, 5.74) is 2.81. The number of nitrogens with zero attached hydrogens (tertiary/aromatic N) is 6. The van der Waals surface area contributed by atoms with Crippen LogP contribution in [-0.4, -0.2) is 62.9 Å². The maximum atomic E-state index is 12.7. The van der Waals surface area contributed by atoms with Crippen LogP contribution in [0.2, 0.25) is 0 Å². The van der Waals surface area contributed by atoms with Gasteiger partial charge in [-0.05, 0) is 36.4 Å². The van der Waals surface area contributed by atoms with E-state index in [1.54, 1.807) is 23.7 Å². The summed E-state index contributed by atoms with van der Waals surface area (Å²) in [4.78, 5) is 25.4. The van der Waals surface area contributed by atoms with Crippen molar-refractivity contribution in [3.8, 4) is 11.3 Å². The molecule has 1 fully saturated rings. The molecular weight excluding hydrogens is 428 g/mol. The summed E-state index contributed by atoms with van der Waals surface area (Å²) in [6, 6.07) is 15.9. The van der Waals surface area contributed by atoms with Crippen LogP contribution in [0.5, 0.6) is 0 Å². The topological polar surface area (TPSA) is 75.1 Å². The Morgan fingerprint density at radius 1 is 0.968 bits per heavy atom. The number of pyridine rings is 1. The molecular formula is C22H20N6OS2.